The van der Waals surface area contributed by atoms with Gasteiger partial charge in [-0.2, -0.15) is 10.2 Å². The van der Waals surface area contributed by atoms with Gasteiger partial charge in [-0.15, -0.1) is 0 Å². The van der Waals surface area contributed by atoms with E-state index in [-0.39, 0.29) is 0 Å². The fourth-order valence-electron chi connectivity index (χ4n) is 2.66. The van der Waals surface area contributed by atoms with E-state index in [1.165, 1.54) is 5.56 Å². The third-order valence-electron chi connectivity index (χ3n) is 3.79. The second-order valence-corrected chi connectivity index (χ2v) is 6.01. The van der Waals surface area contributed by atoms with Gasteiger partial charge >= 0.3 is 0 Å². The molecule has 0 spiro atoms. The smallest absolute Gasteiger partial charge is 0.229 e. The number of nitriles is 1. The Bertz CT molecular complexity index is 938. The number of anilines is 3. The first kappa shape index (κ1) is 17.2. The standard InChI is InChI=1S/C20H19N5O/c1-13-10-14(2)19(15(3)11-13)26-25-18-8-9-22-20(24-18)23-17-6-4-16(12-21)5-7-17/h4-11H,1-3H3,(H2,22,23,24,25). The van der Waals surface area contributed by atoms with Gasteiger partial charge in [0.2, 0.25) is 5.95 Å². The van der Waals surface area contributed by atoms with Gasteiger partial charge in [-0.1, -0.05) is 17.7 Å². The molecule has 0 aliphatic rings. The maximum Gasteiger partial charge on any atom is 0.229 e. The van der Waals surface area contributed by atoms with Crippen molar-refractivity contribution in [2.75, 3.05) is 10.8 Å². The van der Waals surface area contributed by atoms with Crippen LogP contribution in [0.3, 0.4) is 0 Å². The molecule has 0 unspecified atom stereocenters. The summed E-state index contributed by atoms with van der Waals surface area (Å²) in [5.74, 6) is 1.76. The lowest BCUT2D eigenvalue weighted by Crippen LogP contribution is -2.10. The molecule has 2 N–H and O–H groups in total. The lowest BCUT2D eigenvalue weighted by atomic mass is 10.1. The molecule has 0 aliphatic heterocycles. The number of rotatable bonds is 5. The molecule has 6 heteroatoms. The van der Waals surface area contributed by atoms with Crippen LogP contribution in [0, 0.1) is 32.1 Å². The van der Waals surface area contributed by atoms with Crippen molar-refractivity contribution in [2.24, 2.45) is 0 Å². The van der Waals surface area contributed by atoms with Crippen LogP contribution in [0.4, 0.5) is 17.5 Å². The molecule has 0 radical (unpaired) electrons. The molecule has 0 bridgehead atoms. The zero-order chi connectivity index (χ0) is 18.5. The highest BCUT2D eigenvalue weighted by Gasteiger charge is 2.07. The molecule has 0 amide bonds. The summed E-state index contributed by atoms with van der Waals surface area (Å²) in [4.78, 5) is 14.3. The summed E-state index contributed by atoms with van der Waals surface area (Å²) in [6, 6.07) is 15.0. The molecule has 0 atom stereocenters. The molecule has 26 heavy (non-hydrogen) atoms. The minimum Gasteiger partial charge on any atom is -0.380 e. The highest BCUT2D eigenvalue weighted by molar-refractivity contribution is 5.56. The predicted octanol–water partition coefficient (Wildman–Crippen LogP) is 4.42. The van der Waals surface area contributed by atoms with Gasteiger partial charge in [0.25, 0.3) is 0 Å². The maximum atomic E-state index is 8.84. The lowest BCUT2D eigenvalue weighted by molar-refractivity contribution is 0.396. The molecular weight excluding hydrogens is 326 g/mol. The Morgan fingerprint density at radius 1 is 1.00 bits per heavy atom. The van der Waals surface area contributed by atoms with Crippen molar-refractivity contribution < 1.29 is 4.84 Å². The van der Waals surface area contributed by atoms with Crippen LogP contribution < -0.4 is 15.6 Å². The molecule has 3 rings (SSSR count). The minimum atomic E-state index is 0.431. The first-order chi connectivity index (χ1) is 12.5. The molecule has 3 aromatic rings. The van der Waals surface area contributed by atoms with Crippen LogP contribution in [-0.2, 0) is 0 Å². The SMILES string of the molecule is Cc1cc(C)c(ONc2ccnc(Nc3ccc(C#N)cc3)n2)c(C)c1. The molecule has 1 heterocycles. The maximum absolute atomic E-state index is 8.84. The van der Waals surface area contributed by atoms with Gasteiger partial charge in [0.15, 0.2) is 11.6 Å². The quantitative estimate of drug-likeness (QED) is 0.666. The van der Waals surface area contributed by atoms with E-state index in [1.807, 2.05) is 13.8 Å². The van der Waals surface area contributed by atoms with Gasteiger partial charge in [-0.05, 0) is 56.2 Å². The fraction of sp³-hybridized carbons (Fsp3) is 0.150. The monoisotopic (exact) mass is 345 g/mol. The number of aryl methyl sites for hydroxylation is 3. The average Bonchev–Trinajstić information content (AvgIpc) is 2.62. The summed E-state index contributed by atoms with van der Waals surface area (Å²) in [5, 5.41) is 11.9. The lowest BCUT2D eigenvalue weighted by Gasteiger charge is -2.13. The number of nitrogens with one attached hydrogen (secondary N) is 2. The number of hydrogen-bond acceptors (Lipinski definition) is 6. The van der Waals surface area contributed by atoms with Crippen molar-refractivity contribution in [3.63, 3.8) is 0 Å². The van der Waals surface area contributed by atoms with Gasteiger partial charge in [0.1, 0.15) is 0 Å². The summed E-state index contributed by atoms with van der Waals surface area (Å²) in [6.45, 7) is 6.08. The second-order valence-electron chi connectivity index (χ2n) is 6.01. The summed E-state index contributed by atoms with van der Waals surface area (Å²) in [5.41, 5.74) is 7.58. The molecule has 0 saturated heterocycles. The van der Waals surface area contributed by atoms with Gasteiger partial charge in [0, 0.05) is 18.0 Å². The normalized spacial score (nSPS) is 10.1. The van der Waals surface area contributed by atoms with Crippen LogP contribution in [0.25, 0.3) is 0 Å². The summed E-state index contributed by atoms with van der Waals surface area (Å²) >= 11 is 0. The number of nitrogens with zero attached hydrogens (tertiary/aromatic N) is 3. The molecule has 0 saturated carbocycles. The summed E-state index contributed by atoms with van der Waals surface area (Å²) in [6.07, 6.45) is 1.64. The van der Waals surface area contributed by atoms with Crippen molar-refractivity contribution in [3.05, 3.63) is 70.9 Å². The van der Waals surface area contributed by atoms with E-state index in [2.05, 4.69) is 45.9 Å². The Hall–Kier alpha value is -3.59. The van der Waals surface area contributed by atoms with E-state index in [4.69, 9.17) is 10.1 Å². The molecular formula is C20H19N5O. The van der Waals surface area contributed by atoms with Crippen LogP contribution >= 0.6 is 0 Å². The Kier molecular flexibility index (Phi) is 4.99. The van der Waals surface area contributed by atoms with Crippen LogP contribution in [0.5, 0.6) is 5.75 Å². The van der Waals surface area contributed by atoms with E-state index in [1.54, 1.807) is 36.5 Å². The van der Waals surface area contributed by atoms with Crippen LogP contribution in [0.2, 0.25) is 0 Å². The zero-order valence-corrected chi connectivity index (χ0v) is 14.9. The topological polar surface area (TPSA) is 82.9 Å². The minimum absolute atomic E-state index is 0.431. The number of hydrogen-bond donors (Lipinski definition) is 2. The molecule has 6 nitrogen and oxygen atoms in total. The third kappa shape index (κ3) is 4.08. The molecule has 1 aromatic heterocycles. The van der Waals surface area contributed by atoms with E-state index in [9.17, 15) is 0 Å². The Balaban J connectivity index is 1.70. The van der Waals surface area contributed by atoms with Gasteiger partial charge in [0.05, 0.1) is 11.6 Å². The summed E-state index contributed by atoms with van der Waals surface area (Å²) < 4.78 is 0. The van der Waals surface area contributed by atoms with Crippen LogP contribution in [0.1, 0.15) is 22.3 Å². The van der Waals surface area contributed by atoms with Crippen molar-refractivity contribution >= 4 is 17.5 Å². The van der Waals surface area contributed by atoms with Gasteiger partial charge < -0.3 is 10.2 Å². The molecule has 0 fully saturated rings. The second kappa shape index (κ2) is 7.53. The Labute approximate surface area is 152 Å². The van der Waals surface area contributed by atoms with Crippen molar-refractivity contribution in [2.45, 2.75) is 20.8 Å². The zero-order valence-electron chi connectivity index (χ0n) is 14.9. The van der Waals surface area contributed by atoms with Crippen LogP contribution in [-0.4, -0.2) is 9.97 Å². The largest absolute Gasteiger partial charge is 0.380 e. The van der Waals surface area contributed by atoms with Gasteiger partial charge in [-0.25, -0.2) is 10.5 Å². The average molecular weight is 345 g/mol. The van der Waals surface area contributed by atoms with E-state index >= 15 is 0 Å². The Morgan fingerprint density at radius 3 is 2.35 bits per heavy atom. The van der Waals surface area contributed by atoms with Crippen molar-refractivity contribution in [1.29, 1.82) is 5.26 Å². The van der Waals surface area contributed by atoms with E-state index in [0.717, 1.165) is 22.6 Å². The third-order valence-corrected chi connectivity index (χ3v) is 3.79. The number of aromatic nitrogens is 2. The number of benzene rings is 2. The fourth-order valence-corrected chi connectivity index (χ4v) is 2.66. The molecule has 2 aromatic carbocycles. The van der Waals surface area contributed by atoms with Crippen molar-refractivity contribution in [1.82, 2.24) is 9.97 Å². The van der Waals surface area contributed by atoms with E-state index in [0.29, 0.717) is 17.3 Å². The summed E-state index contributed by atoms with van der Waals surface area (Å²) in [7, 11) is 0. The highest BCUT2D eigenvalue weighted by atomic mass is 16.6. The molecule has 130 valence electrons. The first-order valence-electron chi connectivity index (χ1n) is 8.16. The Morgan fingerprint density at radius 2 is 1.69 bits per heavy atom. The first-order valence-corrected chi connectivity index (χ1v) is 8.16. The van der Waals surface area contributed by atoms with Crippen LogP contribution in [0.15, 0.2) is 48.7 Å². The van der Waals surface area contributed by atoms with Gasteiger partial charge in [-0.3, -0.25) is 0 Å². The molecule has 0 aliphatic carbocycles. The predicted molar refractivity (Wildman–Crippen MR) is 101 cm³/mol. The van der Waals surface area contributed by atoms with E-state index < -0.39 is 0 Å². The highest BCUT2D eigenvalue weighted by Crippen LogP contribution is 2.25. The van der Waals surface area contributed by atoms with Crippen molar-refractivity contribution in [3.8, 4) is 11.8 Å².